The number of piperazine rings is 1. The average molecular weight is 863 g/mol. The summed E-state index contributed by atoms with van der Waals surface area (Å²) < 4.78 is 38.4. The second-order valence-electron chi connectivity index (χ2n) is 17.5. The normalized spacial score (nSPS) is 22.2. The number of piperidine rings is 2. The van der Waals surface area contributed by atoms with Crippen molar-refractivity contribution in [3.05, 3.63) is 77.1 Å². The molecule has 3 saturated heterocycles. The Labute approximate surface area is 364 Å². The van der Waals surface area contributed by atoms with Crippen molar-refractivity contribution in [2.45, 2.75) is 64.7 Å². The van der Waals surface area contributed by atoms with Gasteiger partial charge in [-0.15, -0.1) is 0 Å². The highest BCUT2D eigenvalue weighted by molar-refractivity contribution is 6.19. The van der Waals surface area contributed by atoms with Crippen molar-refractivity contribution >= 4 is 52.3 Å². The number of aromatic nitrogens is 3. The van der Waals surface area contributed by atoms with Gasteiger partial charge in [0.15, 0.2) is 0 Å². The number of rotatable bonds is 6. The number of nitrogens with one attached hydrogen (secondary N) is 2. The van der Waals surface area contributed by atoms with E-state index in [1.165, 1.54) is 12.1 Å². The number of nitrogens with zero attached hydrogens (tertiary/aromatic N) is 8. The molecule has 15 nitrogen and oxygen atoms in total. The van der Waals surface area contributed by atoms with E-state index >= 15 is 8.78 Å². The maximum atomic E-state index is 15.2. The van der Waals surface area contributed by atoms with Crippen molar-refractivity contribution in [2.24, 2.45) is 23.9 Å². The lowest BCUT2D eigenvalue weighted by atomic mass is 9.89. The number of hydrogen-bond acceptors (Lipinski definition) is 11. The standard InChI is InChI=1S/C46H52F2N10O5/c1-27-5-4-18-63-45-34(24-49-54(45)3)38-20-30(19-28(2)50-38)43(61)53-46-51-37-8-6-31(23-39(37)58(46)25-27)57-17-16-55(26-41(57)60)13-10-29-11-14-56(15-12-29)32-21-35(47)42(36(48)22-32)33-7-9-40(59)52-44(33)62/h6,8,19-24,27,29,33H,4-5,7,9-18,25-26H2,1-3H3,(H,51,53,61)(H,52,59,62)/t27-,33-/m1/s1. The lowest BCUT2D eigenvalue weighted by molar-refractivity contribution is -0.134. The van der Waals surface area contributed by atoms with E-state index in [1.807, 2.05) is 46.9 Å². The number of aryl methyl sites for hydroxylation is 2. The van der Waals surface area contributed by atoms with E-state index in [4.69, 9.17) is 9.72 Å². The first-order valence-corrected chi connectivity index (χ1v) is 21.9. The Morgan fingerprint density at radius 2 is 1.68 bits per heavy atom. The maximum absolute atomic E-state index is 15.2. The molecule has 0 spiro atoms. The molecule has 4 amide bonds. The fourth-order valence-corrected chi connectivity index (χ4v) is 9.55. The quantitative estimate of drug-likeness (QED) is 0.227. The number of guanidine groups is 1. The van der Waals surface area contributed by atoms with E-state index < -0.39 is 35.3 Å². The highest BCUT2D eigenvalue weighted by Gasteiger charge is 2.35. The number of ether oxygens (including phenoxy) is 1. The molecule has 2 N–H and O–H groups in total. The van der Waals surface area contributed by atoms with Crippen LogP contribution in [0.25, 0.3) is 11.3 Å². The van der Waals surface area contributed by atoms with Crippen LogP contribution in [0.5, 0.6) is 5.88 Å². The van der Waals surface area contributed by atoms with Crippen LogP contribution in [0.4, 0.5) is 31.5 Å². The first-order valence-electron chi connectivity index (χ1n) is 21.9. The van der Waals surface area contributed by atoms with E-state index in [0.717, 1.165) is 62.3 Å². The molecule has 5 aliphatic heterocycles. The molecule has 3 fully saturated rings. The van der Waals surface area contributed by atoms with E-state index in [1.54, 1.807) is 23.0 Å². The minimum Gasteiger partial charge on any atom is -0.477 e. The van der Waals surface area contributed by atoms with Gasteiger partial charge in [0.2, 0.25) is 29.6 Å². The van der Waals surface area contributed by atoms with Crippen molar-refractivity contribution in [3.8, 4) is 17.1 Å². The number of pyridine rings is 1. The Bertz CT molecular complexity index is 2480. The SMILES string of the molecule is Cc1cc2cc(n1)-c1cnn(C)c1OCCC[C@@H](C)CN1/C(=N/C2=O)Nc2ccc(N3CCN(CCC4CCN(c5cc(F)c([C@H]6CCC(=O)NC6=O)c(F)c5)CC4)CC3=O)cc21. The summed E-state index contributed by atoms with van der Waals surface area (Å²) in [6.07, 6.45) is 6.12. The monoisotopic (exact) mass is 862 g/mol. The van der Waals surface area contributed by atoms with Crippen LogP contribution in [0.15, 0.2) is 53.7 Å². The van der Waals surface area contributed by atoms with Gasteiger partial charge in [-0.2, -0.15) is 10.1 Å². The van der Waals surface area contributed by atoms with Gasteiger partial charge in [0.1, 0.15) is 11.6 Å². The lowest BCUT2D eigenvalue weighted by Gasteiger charge is -2.37. The second-order valence-corrected chi connectivity index (χ2v) is 17.5. The third-order valence-electron chi connectivity index (χ3n) is 13.0. The van der Waals surface area contributed by atoms with Crippen molar-refractivity contribution in [2.75, 3.05) is 72.4 Å². The molecule has 17 heteroatoms. The van der Waals surface area contributed by atoms with Crippen LogP contribution in [0.3, 0.4) is 0 Å². The van der Waals surface area contributed by atoms with E-state index in [9.17, 15) is 19.2 Å². The number of benzene rings is 2. The van der Waals surface area contributed by atoms with Gasteiger partial charge < -0.3 is 24.8 Å². The number of carbonyl (C=O) groups is 4. The Kier molecular flexibility index (Phi) is 11.7. The topological polar surface area (TPSA) is 158 Å². The summed E-state index contributed by atoms with van der Waals surface area (Å²) in [7, 11) is 1.82. The van der Waals surface area contributed by atoms with Crippen LogP contribution >= 0.6 is 0 Å². The number of aliphatic imine (C=N–C) groups is 1. The van der Waals surface area contributed by atoms with Gasteiger partial charge in [0.05, 0.1) is 47.9 Å². The van der Waals surface area contributed by atoms with Crippen LogP contribution in [0, 0.1) is 30.4 Å². The molecule has 330 valence electrons. The van der Waals surface area contributed by atoms with Crippen LogP contribution in [0.1, 0.15) is 79.4 Å². The fourth-order valence-electron chi connectivity index (χ4n) is 9.55. The van der Waals surface area contributed by atoms with Crippen molar-refractivity contribution in [3.63, 3.8) is 0 Å². The molecule has 2 atom stereocenters. The number of fused-ring (bicyclic) bond motifs is 7. The number of hydrogen-bond donors (Lipinski definition) is 2. The predicted molar refractivity (Wildman–Crippen MR) is 234 cm³/mol. The van der Waals surface area contributed by atoms with Gasteiger partial charge >= 0.3 is 0 Å². The van der Waals surface area contributed by atoms with E-state index in [2.05, 4.69) is 32.5 Å². The van der Waals surface area contributed by atoms with Gasteiger partial charge in [-0.05, 0) is 106 Å². The van der Waals surface area contributed by atoms with Gasteiger partial charge in [-0.25, -0.2) is 13.5 Å². The zero-order valence-corrected chi connectivity index (χ0v) is 35.8. The highest BCUT2D eigenvalue weighted by Crippen LogP contribution is 2.39. The van der Waals surface area contributed by atoms with Crippen molar-refractivity contribution < 1.29 is 32.7 Å². The van der Waals surface area contributed by atoms with E-state index in [-0.39, 0.29) is 30.2 Å². The smallest absolute Gasteiger partial charge is 0.280 e. The zero-order valence-electron chi connectivity index (χ0n) is 35.8. The zero-order chi connectivity index (χ0) is 43.9. The van der Waals surface area contributed by atoms with Gasteiger partial charge in [0.25, 0.3) is 5.91 Å². The summed E-state index contributed by atoms with van der Waals surface area (Å²) in [4.78, 5) is 68.8. The molecule has 0 aliphatic carbocycles. The third-order valence-corrected chi connectivity index (χ3v) is 13.0. The van der Waals surface area contributed by atoms with Crippen molar-refractivity contribution in [1.29, 1.82) is 0 Å². The molecular formula is C46H52F2N10O5. The summed E-state index contributed by atoms with van der Waals surface area (Å²) in [5.74, 6) is -2.39. The Hall–Kier alpha value is -6.23. The first kappa shape index (κ1) is 42.1. The number of anilines is 4. The molecule has 7 heterocycles. The Morgan fingerprint density at radius 1 is 0.889 bits per heavy atom. The summed E-state index contributed by atoms with van der Waals surface area (Å²) in [5, 5.41) is 9.96. The van der Waals surface area contributed by atoms with Crippen LogP contribution < -0.4 is 30.1 Å². The largest absolute Gasteiger partial charge is 0.477 e. The Balaban J connectivity index is 0.825. The molecule has 0 unspecified atom stereocenters. The molecule has 0 radical (unpaired) electrons. The molecule has 9 rings (SSSR count). The summed E-state index contributed by atoms with van der Waals surface area (Å²) in [6, 6.07) is 12.0. The number of carbonyl (C=O) groups excluding carboxylic acids is 4. The third kappa shape index (κ3) is 8.75. The van der Waals surface area contributed by atoms with Crippen LogP contribution in [-0.2, 0) is 21.4 Å². The summed E-state index contributed by atoms with van der Waals surface area (Å²) >= 11 is 0. The summed E-state index contributed by atoms with van der Waals surface area (Å²) in [5.41, 5.74) is 5.00. The fraction of sp³-hybridized carbons (Fsp3) is 0.457. The van der Waals surface area contributed by atoms with Gasteiger partial charge in [0, 0.05) is 74.4 Å². The van der Waals surface area contributed by atoms with Crippen LogP contribution in [-0.4, -0.2) is 102 Å². The highest BCUT2D eigenvalue weighted by atomic mass is 19.1. The predicted octanol–water partition coefficient (Wildman–Crippen LogP) is 5.78. The molecule has 2 aromatic carbocycles. The molecule has 5 aliphatic rings. The molecular weight excluding hydrogens is 811 g/mol. The van der Waals surface area contributed by atoms with Gasteiger partial charge in [-0.1, -0.05) is 6.92 Å². The Morgan fingerprint density at radius 3 is 2.44 bits per heavy atom. The molecule has 63 heavy (non-hydrogen) atoms. The number of imide groups is 1. The minimum atomic E-state index is -1.03. The first-order chi connectivity index (χ1) is 30.4. The minimum absolute atomic E-state index is 0.0151. The van der Waals surface area contributed by atoms with E-state index in [0.29, 0.717) is 85.3 Å². The lowest BCUT2D eigenvalue weighted by Crippen LogP contribution is -2.51. The molecule has 4 aromatic rings. The summed E-state index contributed by atoms with van der Waals surface area (Å²) in [6.45, 7) is 8.71. The number of halogens is 2. The van der Waals surface area contributed by atoms with Crippen molar-refractivity contribution in [1.82, 2.24) is 25.0 Å². The number of amides is 4. The molecule has 2 aromatic heterocycles. The van der Waals surface area contributed by atoms with Gasteiger partial charge in [-0.3, -0.25) is 34.4 Å². The molecule has 0 saturated carbocycles. The van der Waals surface area contributed by atoms with Crippen LogP contribution in [0.2, 0.25) is 0 Å². The average Bonchev–Trinajstić information content (AvgIpc) is 3.79. The maximum Gasteiger partial charge on any atom is 0.280 e. The second kappa shape index (κ2) is 17.5. The molecule has 2 bridgehead atoms.